The first-order chi connectivity index (χ1) is 17.6. The van der Waals surface area contributed by atoms with E-state index in [1.165, 1.54) is 33.5 Å². The molecule has 4 rings (SSSR count). The molecule has 3 aromatic rings. The third-order valence-corrected chi connectivity index (χ3v) is 6.27. The molecule has 9 nitrogen and oxygen atoms in total. The molecule has 1 saturated heterocycles. The van der Waals surface area contributed by atoms with E-state index < -0.39 is 17.3 Å². The fourth-order valence-corrected chi connectivity index (χ4v) is 4.19. The minimum atomic E-state index is -0.538. The zero-order chi connectivity index (χ0) is 26.9. The smallest absolute Gasteiger partial charge is 0.259 e. The van der Waals surface area contributed by atoms with Crippen LogP contribution in [0.4, 0.5) is 33.0 Å². The van der Waals surface area contributed by atoms with Crippen LogP contribution in [0.15, 0.2) is 47.3 Å². The van der Waals surface area contributed by atoms with Gasteiger partial charge in [0.2, 0.25) is 6.41 Å². The highest BCUT2D eigenvalue weighted by Crippen LogP contribution is 2.36. The van der Waals surface area contributed by atoms with Crippen LogP contribution in [0.25, 0.3) is 0 Å². The minimum absolute atomic E-state index is 0.0578. The third-order valence-electron chi connectivity index (χ3n) is 6.27. The molecular weight excluding hydrogens is 477 g/mol. The summed E-state index contributed by atoms with van der Waals surface area (Å²) in [7, 11) is 4.63. The van der Waals surface area contributed by atoms with Gasteiger partial charge in [-0.1, -0.05) is 12.1 Å². The zero-order valence-electron chi connectivity index (χ0n) is 21.5. The van der Waals surface area contributed by atoms with Crippen LogP contribution in [0, 0.1) is 19.7 Å². The van der Waals surface area contributed by atoms with Gasteiger partial charge in [0.05, 0.1) is 36.3 Å². The number of hydrogen-bond acceptors (Lipinski definition) is 6. The van der Waals surface area contributed by atoms with Crippen LogP contribution in [0.2, 0.25) is 0 Å². The lowest BCUT2D eigenvalue weighted by Crippen LogP contribution is -2.40. The molecule has 0 aliphatic carbocycles. The Morgan fingerprint density at radius 1 is 1.16 bits per heavy atom. The summed E-state index contributed by atoms with van der Waals surface area (Å²) in [5.74, 6) is -0.930. The molecule has 2 aromatic carbocycles. The summed E-state index contributed by atoms with van der Waals surface area (Å²) in [6, 6.07) is 11.9. The number of carbonyl (C=O) groups is 2. The van der Waals surface area contributed by atoms with Crippen molar-refractivity contribution in [3.63, 3.8) is 0 Å². The van der Waals surface area contributed by atoms with Crippen LogP contribution >= 0.6 is 0 Å². The van der Waals surface area contributed by atoms with E-state index in [1.807, 2.05) is 6.07 Å². The first kappa shape index (κ1) is 25.9. The Kier molecular flexibility index (Phi) is 7.30. The number of aryl methyl sites for hydroxylation is 1. The van der Waals surface area contributed by atoms with Gasteiger partial charge in [0.15, 0.2) is 0 Å². The van der Waals surface area contributed by atoms with E-state index in [0.717, 1.165) is 11.3 Å². The summed E-state index contributed by atoms with van der Waals surface area (Å²) in [5, 5.41) is 6.27. The molecule has 0 bridgehead atoms. The van der Waals surface area contributed by atoms with Gasteiger partial charge in [-0.2, -0.15) is 0 Å². The number of amides is 2. The van der Waals surface area contributed by atoms with E-state index >= 15 is 0 Å². The molecular formula is C27H30FN5O4. The fourth-order valence-electron chi connectivity index (χ4n) is 4.19. The third kappa shape index (κ3) is 5.05. The number of hydrogen-bond donors (Lipinski definition) is 2. The highest BCUT2D eigenvalue weighted by atomic mass is 19.1. The quantitative estimate of drug-likeness (QED) is 0.452. The number of halogens is 1. The Morgan fingerprint density at radius 3 is 2.49 bits per heavy atom. The largest absolute Gasteiger partial charge is 0.378 e. The highest BCUT2D eigenvalue weighted by molar-refractivity contribution is 6.08. The van der Waals surface area contributed by atoms with Crippen LogP contribution in [-0.4, -0.2) is 55.1 Å². The zero-order valence-corrected chi connectivity index (χ0v) is 21.5. The molecule has 2 amide bonds. The van der Waals surface area contributed by atoms with Crippen LogP contribution in [-0.2, 0) is 16.6 Å². The van der Waals surface area contributed by atoms with Gasteiger partial charge in [-0.05, 0) is 49.7 Å². The van der Waals surface area contributed by atoms with Gasteiger partial charge in [-0.15, -0.1) is 0 Å². The molecule has 0 atom stereocenters. The molecule has 0 spiro atoms. The van der Waals surface area contributed by atoms with Crippen molar-refractivity contribution < 1.29 is 18.7 Å². The number of aromatic nitrogens is 1. The van der Waals surface area contributed by atoms with E-state index in [4.69, 9.17) is 4.74 Å². The maximum atomic E-state index is 14.8. The Hall–Kier alpha value is -4.18. The van der Waals surface area contributed by atoms with E-state index in [1.54, 1.807) is 52.2 Å². The SMILES string of the molecule is Cc1ccc(Nc2c(C(=O)N(C)C)c(N(C=O)c3cccc(NC4COC4)c3)c(C)c(=O)n2C)c(F)c1. The van der Waals surface area contributed by atoms with Crippen LogP contribution in [0.1, 0.15) is 21.5 Å². The van der Waals surface area contributed by atoms with Crippen molar-refractivity contribution in [2.45, 2.75) is 19.9 Å². The summed E-state index contributed by atoms with van der Waals surface area (Å²) in [5.41, 5.74) is 1.97. The summed E-state index contributed by atoms with van der Waals surface area (Å²) < 4.78 is 21.3. The predicted molar refractivity (Wildman–Crippen MR) is 142 cm³/mol. The molecule has 1 aromatic heterocycles. The molecule has 0 unspecified atom stereocenters. The summed E-state index contributed by atoms with van der Waals surface area (Å²) in [6.45, 7) is 4.49. The number of benzene rings is 2. The number of ether oxygens (including phenoxy) is 1. The average Bonchev–Trinajstić information content (AvgIpc) is 2.84. The topological polar surface area (TPSA) is 95.9 Å². The van der Waals surface area contributed by atoms with Crippen LogP contribution < -0.4 is 21.1 Å². The van der Waals surface area contributed by atoms with Crippen LogP contribution in [0.5, 0.6) is 0 Å². The molecule has 2 heterocycles. The Labute approximate surface area is 214 Å². The van der Waals surface area contributed by atoms with Gasteiger partial charge in [0, 0.05) is 32.4 Å². The first-order valence-corrected chi connectivity index (χ1v) is 11.8. The van der Waals surface area contributed by atoms with Gasteiger partial charge in [-0.25, -0.2) is 4.39 Å². The number of carbonyl (C=O) groups excluding carboxylic acids is 2. The molecule has 2 N–H and O–H groups in total. The van der Waals surface area contributed by atoms with Crippen molar-refractivity contribution in [3.8, 4) is 0 Å². The molecule has 1 fully saturated rings. The predicted octanol–water partition coefficient (Wildman–Crippen LogP) is 3.69. The Morgan fingerprint density at radius 2 is 1.89 bits per heavy atom. The first-order valence-electron chi connectivity index (χ1n) is 11.8. The fraction of sp³-hybridized carbons (Fsp3) is 0.296. The summed E-state index contributed by atoms with van der Waals surface area (Å²) in [6.07, 6.45) is 0.566. The Balaban J connectivity index is 1.92. The van der Waals surface area contributed by atoms with E-state index in [-0.39, 0.29) is 34.4 Å². The summed E-state index contributed by atoms with van der Waals surface area (Å²) in [4.78, 5) is 42.0. The van der Waals surface area contributed by atoms with Crippen molar-refractivity contribution in [2.75, 3.05) is 42.8 Å². The number of anilines is 5. The monoisotopic (exact) mass is 507 g/mol. The second-order valence-electron chi connectivity index (χ2n) is 9.27. The van der Waals surface area contributed by atoms with Crippen molar-refractivity contribution in [1.82, 2.24) is 9.47 Å². The number of pyridine rings is 1. The molecule has 37 heavy (non-hydrogen) atoms. The van der Waals surface area contributed by atoms with Crippen molar-refractivity contribution in [2.24, 2.45) is 7.05 Å². The summed E-state index contributed by atoms with van der Waals surface area (Å²) >= 11 is 0. The second kappa shape index (κ2) is 10.4. The van der Waals surface area contributed by atoms with Gasteiger partial charge in [0.25, 0.3) is 11.5 Å². The maximum absolute atomic E-state index is 14.8. The molecule has 194 valence electrons. The lowest BCUT2D eigenvalue weighted by Gasteiger charge is -2.29. The molecule has 1 aliphatic rings. The molecule has 0 radical (unpaired) electrons. The van der Waals surface area contributed by atoms with Gasteiger partial charge >= 0.3 is 0 Å². The number of nitrogens with zero attached hydrogens (tertiary/aromatic N) is 3. The van der Waals surface area contributed by atoms with Gasteiger partial charge in [0.1, 0.15) is 17.2 Å². The maximum Gasteiger partial charge on any atom is 0.259 e. The lowest BCUT2D eigenvalue weighted by molar-refractivity contribution is -0.106. The molecule has 1 aliphatic heterocycles. The normalized spacial score (nSPS) is 13.0. The molecule has 0 saturated carbocycles. The van der Waals surface area contributed by atoms with Crippen LogP contribution in [0.3, 0.4) is 0 Å². The van der Waals surface area contributed by atoms with E-state index in [9.17, 15) is 18.8 Å². The number of rotatable bonds is 8. The highest BCUT2D eigenvalue weighted by Gasteiger charge is 2.29. The molecule has 10 heteroatoms. The van der Waals surface area contributed by atoms with Gasteiger partial charge in [-0.3, -0.25) is 23.9 Å². The number of nitrogens with one attached hydrogen (secondary N) is 2. The Bertz CT molecular complexity index is 1410. The van der Waals surface area contributed by atoms with E-state index in [0.29, 0.717) is 25.3 Å². The van der Waals surface area contributed by atoms with Crippen molar-refractivity contribution in [1.29, 1.82) is 0 Å². The van der Waals surface area contributed by atoms with Crippen molar-refractivity contribution in [3.05, 3.63) is 75.3 Å². The second-order valence-corrected chi connectivity index (χ2v) is 9.27. The standard InChI is InChI=1S/C27H30FN5O4/c1-16-9-10-22(21(28)11-16)30-25-23(27(36)31(3)4)24(17(2)26(35)32(25)5)33(15-34)20-8-6-7-18(12-20)29-19-13-37-14-19/h6-12,15,19,29-30H,13-14H2,1-5H3. The lowest BCUT2D eigenvalue weighted by atomic mass is 10.1. The van der Waals surface area contributed by atoms with Crippen molar-refractivity contribution >= 4 is 40.9 Å². The minimum Gasteiger partial charge on any atom is -0.378 e. The van der Waals surface area contributed by atoms with E-state index in [2.05, 4.69) is 10.6 Å². The van der Waals surface area contributed by atoms with Gasteiger partial charge < -0.3 is 20.3 Å². The average molecular weight is 508 g/mol.